The van der Waals surface area contributed by atoms with Crippen LogP contribution in [0.4, 0.5) is 10.6 Å². The van der Waals surface area contributed by atoms with Crippen molar-refractivity contribution < 1.29 is 15.0 Å². The smallest absolute Gasteiger partial charge is 0.161 e. The molecule has 0 fully saturated rings. The van der Waals surface area contributed by atoms with Gasteiger partial charge in [0.2, 0.25) is 0 Å². The maximum Gasteiger partial charge on any atom is 0.161 e. The highest BCUT2D eigenvalue weighted by atomic mass is 16.4. The van der Waals surface area contributed by atoms with Crippen LogP contribution in [0.15, 0.2) is 53.7 Å². The van der Waals surface area contributed by atoms with Crippen LogP contribution in [0.25, 0.3) is 0 Å². The number of anilines is 1. The second-order valence-corrected chi connectivity index (χ2v) is 3.95. The molecule has 0 bridgehead atoms. The van der Waals surface area contributed by atoms with Crippen LogP contribution in [0, 0.1) is 0 Å². The normalized spacial score (nSPS) is 11.1. The van der Waals surface area contributed by atoms with Crippen LogP contribution in [0.2, 0.25) is 0 Å². The van der Waals surface area contributed by atoms with Gasteiger partial charge >= 0.3 is 0 Å². The molecule has 0 radical (unpaired) electrons. The maximum atomic E-state index is 11.5. The SMILES string of the molecule is O=C([O-])/N=C(/[O-])c1cccc(CNc2ccccn2)c1. The van der Waals surface area contributed by atoms with Gasteiger partial charge in [0.1, 0.15) is 5.82 Å². The first-order valence-electron chi connectivity index (χ1n) is 5.86. The topological polar surface area (TPSA) is 100 Å². The molecular formula is C14H11N3O3-2. The zero-order valence-electron chi connectivity index (χ0n) is 10.4. The molecule has 0 aliphatic rings. The molecular weight excluding hydrogens is 258 g/mol. The molecule has 2 aromatic rings. The van der Waals surface area contributed by atoms with Crippen LogP contribution in [-0.2, 0) is 6.54 Å². The monoisotopic (exact) mass is 269 g/mol. The van der Waals surface area contributed by atoms with Gasteiger partial charge in [-0.3, -0.25) is 0 Å². The van der Waals surface area contributed by atoms with Gasteiger partial charge in [-0.2, -0.15) is 0 Å². The zero-order valence-corrected chi connectivity index (χ0v) is 10.4. The Bertz CT molecular complexity index is 627. The molecule has 0 spiro atoms. The molecule has 0 saturated carbocycles. The fraction of sp³-hybridized carbons (Fsp3) is 0.0714. The van der Waals surface area contributed by atoms with E-state index in [0.717, 1.165) is 5.56 Å². The van der Waals surface area contributed by atoms with E-state index in [1.54, 1.807) is 18.3 Å². The van der Waals surface area contributed by atoms with Crippen molar-refractivity contribution in [1.29, 1.82) is 0 Å². The first-order chi connectivity index (χ1) is 9.65. The molecule has 1 amide bonds. The molecule has 0 aliphatic heterocycles. The number of carboxylic acid groups (broad SMARTS) is 1. The summed E-state index contributed by atoms with van der Waals surface area (Å²) in [5.74, 6) is -0.117. The molecule has 6 nitrogen and oxygen atoms in total. The van der Waals surface area contributed by atoms with Gasteiger partial charge in [-0.05, 0) is 35.2 Å². The van der Waals surface area contributed by atoms with Gasteiger partial charge in [0.05, 0.1) is 0 Å². The highest BCUT2D eigenvalue weighted by Gasteiger charge is 1.97. The van der Waals surface area contributed by atoms with E-state index in [-0.39, 0.29) is 5.56 Å². The van der Waals surface area contributed by atoms with Gasteiger partial charge in [-0.15, -0.1) is 0 Å². The van der Waals surface area contributed by atoms with Crippen molar-refractivity contribution >= 4 is 17.8 Å². The number of aliphatic imine (C=N–C) groups is 1. The lowest BCUT2D eigenvalue weighted by Gasteiger charge is -2.13. The lowest BCUT2D eigenvalue weighted by atomic mass is 10.1. The van der Waals surface area contributed by atoms with Gasteiger partial charge in [-0.25, -0.2) is 9.98 Å². The minimum absolute atomic E-state index is 0.203. The summed E-state index contributed by atoms with van der Waals surface area (Å²) in [5.41, 5.74) is 1.02. The van der Waals surface area contributed by atoms with Crippen molar-refractivity contribution in [2.24, 2.45) is 4.99 Å². The summed E-state index contributed by atoms with van der Waals surface area (Å²) in [5, 5.41) is 24.8. The number of carbonyl (C=O) groups excluding carboxylic acids is 1. The highest BCUT2D eigenvalue weighted by Crippen LogP contribution is 2.08. The standard InChI is InChI=1S/C14H13N3O3/c18-13(17-14(19)20)11-5-3-4-10(8-11)9-16-12-6-1-2-7-15-12/h1-8H,9H2,(H,15,16)(H,17,18)(H,19,20)/p-2. The molecule has 1 aromatic heterocycles. The Balaban J connectivity index is 2.08. The molecule has 1 aromatic carbocycles. The molecule has 0 saturated heterocycles. The van der Waals surface area contributed by atoms with Crippen LogP contribution in [0.5, 0.6) is 0 Å². The van der Waals surface area contributed by atoms with Crippen LogP contribution in [-0.4, -0.2) is 17.0 Å². The number of pyridine rings is 1. The Morgan fingerprint density at radius 1 is 1.20 bits per heavy atom. The Morgan fingerprint density at radius 2 is 2.05 bits per heavy atom. The van der Waals surface area contributed by atoms with E-state index in [2.05, 4.69) is 15.3 Å². The van der Waals surface area contributed by atoms with Crippen molar-refractivity contribution in [1.82, 2.24) is 4.98 Å². The highest BCUT2D eigenvalue weighted by molar-refractivity contribution is 5.96. The van der Waals surface area contributed by atoms with E-state index in [1.165, 1.54) is 6.07 Å². The van der Waals surface area contributed by atoms with Crippen LogP contribution in [0.1, 0.15) is 11.1 Å². The molecule has 20 heavy (non-hydrogen) atoms. The fourth-order valence-electron chi connectivity index (χ4n) is 1.62. The number of amides is 1. The summed E-state index contributed by atoms with van der Waals surface area (Å²) < 4.78 is 0. The zero-order chi connectivity index (χ0) is 14.4. The molecule has 2 rings (SSSR count). The van der Waals surface area contributed by atoms with E-state index in [4.69, 9.17) is 0 Å². The van der Waals surface area contributed by atoms with Crippen molar-refractivity contribution in [3.8, 4) is 0 Å². The predicted octanol–water partition coefficient (Wildman–Crippen LogP) is 0.144. The van der Waals surface area contributed by atoms with E-state index < -0.39 is 12.0 Å². The number of benzene rings is 1. The molecule has 102 valence electrons. The Morgan fingerprint density at radius 3 is 2.75 bits per heavy atom. The van der Waals surface area contributed by atoms with E-state index in [0.29, 0.717) is 12.4 Å². The van der Waals surface area contributed by atoms with Gasteiger partial charge in [0.25, 0.3) is 0 Å². The average molecular weight is 269 g/mol. The predicted molar refractivity (Wildman–Crippen MR) is 69.9 cm³/mol. The van der Waals surface area contributed by atoms with Crippen LogP contribution in [0.3, 0.4) is 0 Å². The van der Waals surface area contributed by atoms with Gasteiger partial charge < -0.3 is 20.3 Å². The molecule has 1 heterocycles. The van der Waals surface area contributed by atoms with Crippen LogP contribution >= 0.6 is 0 Å². The molecule has 1 N–H and O–H groups in total. The number of carbonyl (C=O) groups is 1. The van der Waals surface area contributed by atoms with Crippen molar-refractivity contribution in [3.05, 3.63) is 59.8 Å². The first kappa shape index (κ1) is 13.5. The van der Waals surface area contributed by atoms with Crippen molar-refractivity contribution in [2.45, 2.75) is 6.54 Å². The third-order valence-corrected chi connectivity index (χ3v) is 2.51. The van der Waals surface area contributed by atoms with E-state index >= 15 is 0 Å². The summed E-state index contributed by atoms with van der Waals surface area (Å²) in [6.07, 6.45) is -0.0758. The van der Waals surface area contributed by atoms with E-state index in [9.17, 15) is 15.0 Å². The quantitative estimate of drug-likeness (QED) is 0.628. The summed E-state index contributed by atoms with van der Waals surface area (Å²) in [4.78, 5) is 17.2. The molecule has 6 heteroatoms. The van der Waals surface area contributed by atoms with Gasteiger partial charge in [-0.1, -0.05) is 24.3 Å². The van der Waals surface area contributed by atoms with Gasteiger partial charge in [0, 0.05) is 12.7 Å². The minimum Gasteiger partial charge on any atom is -0.858 e. The second kappa shape index (κ2) is 6.33. The van der Waals surface area contributed by atoms with Crippen molar-refractivity contribution in [3.63, 3.8) is 0 Å². The molecule has 0 atom stereocenters. The Kier molecular flexibility index (Phi) is 4.28. The Hall–Kier alpha value is -2.89. The average Bonchev–Trinajstić information content (AvgIpc) is 2.46. The number of hydrogen-bond donors (Lipinski definition) is 1. The summed E-state index contributed by atoms with van der Waals surface area (Å²) >= 11 is 0. The molecule has 0 unspecified atom stereocenters. The summed E-state index contributed by atoms with van der Waals surface area (Å²) in [7, 11) is 0. The van der Waals surface area contributed by atoms with E-state index in [1.807, 2.05) is 24.3 Å². The minimum atomic E-state index is -1.74. The first-order valence-corrected chi connectivity index (χ1v) is 5.86. The number of nitrogens with zero attached hydrogens (tertiary/aromatic N) is 2. The number of aromatic nitrogens is 1. The number of nitrogens with one attached hydrogen (secondary N) is 1. The molecule has 0 aliphatic carbocycles. The second-order valence-electron chi connectivity index (χ2n) is 3.95. The third-order valence-electron chi connectivity index (χ3n) is 2.51. The van der Waals surface area contributed by atoms with Crippen LogP contribution < -0.4 is 15.5 Å². The van der Waals surface area contributed by atoms with Crippen molar-refractivity contribution in [2.75, 3.05) is 5.32 Å². The maximum absolute atomic E-state index is 11.5. The summed E-state index contributed by atoms with van der Waals surface area (Å²) in [6.45, 7) is 0.462. The largest absolute Gasteiger partial charge is 0.858 e. The van der Waals surface area contributed by atoms with Gasteiger partial charge in [0.15, 0.2) is 6.09 Å². The fourth-order valence-corrected chi connectivity index (χ4v) is 1.62. The number of rotatable bonds is 4. The lowest BCUT2D eigenvalue weighted by molar-refractivity contribution is -0.248. The third kappa shape index (κ3) is 3.81. The summed E-state index contributed by atoms with van der Waals surface area (Å²) in [6, 6.07) is 12.0. The number of hydrogen-bond acceptors (Lipinski definition) is 5. The lowest BCUT2D eigenvalue weighted by Crippen LogP contribution is -2.26. The Labute approximate surface area is 115 Å².